The van der Waals surface area contributed by atoms with E-state index in [9.17, 15) is 8.42 Å². The third-order valence-electron chi connectivity index (χ3n) is 5.13. The number of piperazine rings is 1. The SMILES string of the molecule is CCN1CCN(c2ccc(N(Cl)S(=O)(=O)c3ccc(C(C)C)cc3)cn2)CC1. The van der Waals surface area contributed by atoms with E-state index >= 15 is 0 Å². The number of benzene rings is 1. The first kappa shape index (κ1) is 20.9. The van der Waals surface area contributed by atoms with Gasteiger partial charge in [-0.2, -0.15) is 12.2 Å². The lowest BCUT2D eigenvalue weighted by molar-refractivity contribution is 0.270. The number of sulfonamides is 1. The maximum absolute atomic E-state index is 12.8. The van der Waals surface area contributed by atoms with Gasteiger partial charge in [0.15, 0.2) is 0 Å². The number of hydrogen-bond acceptors (Lipinski definition) is 5. The molecule has 1 aromatic heterocycles. The standard InChI is InChI=1S/C20H27ClN4O2S/c1-4-23-11-13-24(14-12-23)20-10-7-18(15-22-20)25(21)28(26,27)19-8-5-17(6-9-19)16(2)3/h5-10,15-16H,4,11-14H2,1-3H3. The zero-order valence-corrected chi connectivity index (χ0v) is 18.1. The highest BCUT2D eigenvalue weighted by atomic mass is 35.5. The van der Waals surface area contributed by atoms with Gasteiger partial charge in [-0.3, -0.25) is 0 Å². The van der Waals surface area contributed by atoms with Crippen molar-refractivity contribution < 1.29 is 8.42 Å². The van der Waals surface area contributed by atoms with Crippen molar-refractivity contribution in [3.8, 4) is 0 Å². The fourth-order valence-electron chi connectivity index (χ4n) is 3.22. The van der Waals surface area contributed by atoms with Crippen LogP contribution in [0.4, 0.5) is 11.5 Å². The largest absolute Gasteiger partial charge is 0.354 e. The summed E-state index contributed by atoms with van der Waals surface area (Å²) in [4.78, 5) is 9.19. The zero-order valence-electron chi connectivity index (χ0n) is 16.5. The summed E-state index contributed by atoms with van der Waals surface area (Å²) in [6.07, 6.45) is 1.51. The predicted molar refractivity (Wildman–Crippen MR) is 115 cm³/mol. The first-order chi connectivity index (χ1) is 13.3. The molecule has 0 amide bonds. The Kier molecular flexibility index (Phi) is 6.47. The summed E-state index contributed by atoms with van der Waals surface area (Å²) in [5.41, 5.74) is 1.40. The van der Waals surface area contributed by atoms with Gasteiger partial charge in [-0.1, -0.05) is 32.9 Å². The first-order valence-corrected chi connectivity index (χ1v) is 11.3. The molecule has 3 rings (SSSR count). The quantitative estimate of drug-likeness (QED) is 0.664. The van der Waals surface area contributed by atoms with E-state index in [1.54, 1.807) is 18.2 Å². The van der Waals surface area contributed by atoms with E-state index in [1.165, 1.54) is 6.20 Å². The Hall–Kier alpha value is -1.83. The van der Waals surface area contributed by atoms with E-state index in [4.69, 9.17) is 11.8 Å². The highest BCUT2D eigenvalue weighted by Gasteiger charge is 2.24. The van der Waals surface area contributed by atoms with Crippen LogP contribution in [0.5, 0.6) is 0 Å². The lowest BCUT2D eigenvalue weighted by atomic mass is 10.0. The van der Waals surface area contributed by atoms with Gasteiger partial charge in [-0.25, -0.2) is 4.98 Å². The third kappa shape index (κ3) is 4.42. The van der Waals surface area contributed by atoms with Crippen LogP contribution in [0.1, 0.15) is 32.3 Å². The molecule has 1 fully saturated rings. The molecule has 0 spiro atoms. The van der Waals surface area contributed by atoms with Crippen LogP contribution in [0, 0.1) is 0 Å². The van der Waals surface area contributed by atoms with Gasteiger partial charge >= 0.3 is 0 Å². The fourth-order valence-corrected chi connectivity index (χ4v) is 4.61. The molecule has 1 aliphatic rings. The van der Waals surface area contributed by atoms with E-state index in [1.807, 2.05) is 18.2 Å². The van der Waals surface area contributed by atoms with Crippen LogP contribution in [0.3, 0.4) is 0 Å². The molecule has 1 aliphatic heterocycles. The van der Waals surface area contributed by atoms with Crippen LogP contribution in [-0.2, 0) is 10.0 Å². The monoisotopic (exact) mass is 422 g/mol. The van der Waals surface area contributed by atoms with Gasteiger partial charge < -0.3 is 9.80 Å². The van der Waals surface area contributed by atoms with Crippen molar-refractivity contribution in [3.63, 3.8) is 0 Å². The molecule has 6 nitrogen and oxygen atoms in total. The van der Waals surface area contributed by atoms with E-state index < -0.39 is 10.0 Å². The summed E-state index contributed by atoms with van der Waals surface area (Å²) in [6.45, 7) is 11.2. The molecule has 1 aromatic carbocycles. The van der Waals surface area contributed by atoms with Crippen LogP contribution in [0.2, 0.25) is 0 Å². The minimum atomic E-state index is -3.84. The van der Waals surface area contributed by atoms with Gasteiger partial charge in [0.2, 0.25) is 0 Å². The predicted octanol–water partition coefficient (Wildman–Crippen LogP) is 3.70. The average molecular weight is 423 g/mol. The molecule has 0 atom stereocenters. The molecule has 152 valence electrons. The van der Waals surface area contributed by atoms with Crippen molar-refractivity contribution in [2.45, 2.75) is 31.6 Å². The number of anilines is 2. The van der Waals surface area contributed by atoms with E-state index in [0.717, 1.165) is 47.9 Å². The second-order valence-electron chi connectivity index (χ2n) is 7.24. The molecule has 0 unspecified atom stereocenters. The highest BCUT2D eigenvalue weighted by molar-refractivity contribution is 7.94. The Labute approximate surface area is 172 Å². The second-order valence-corrected chi connectivity index (χ2v) is 9.56. The lowest BCUT2D eigenvalue weighted by Crippen LogP contribution is -2.46. The summed E-state index contributed by atoms with van der Waals surface area (Å²) in [7, 11) is -3.84. The summed E-state index contributed by atoms with van der Waals surface area (Å²) < 4.78 is 26.4. The van der Waals surface area contributed by atoms with Crippen LogP contribution in [0.25, 0.3) is 0 Å². The van der Waals surface area contributed by atoms with Crippen molar-refractivity contribution in [1.82, 2.24) is 9.88 Å². The summed E-state index contributed by atoms with van der Waals surface area (Å²) >= 11 is 6.20. The molecule has 8 heteroatoms. The molecule has 0 bridgehead atoms. The Morgan fingerprint density at radius 3 is 2.21 bits per heavy atom. The Morgan fingerprint density at radius 1 is 1.07 bits per heavy atom. The van der Waals surface area contributed by atoms with Crippen LogP contribution >= 0.6 is 11.8 Å². The molecule has 0 radical (unpaired) electrons. The molecule has 0 N–H and O–H groups in total. The highest BCUT2D eigenvalue weighted by Crippen LogP contribution is 2.27. The van der Waals surface area contributed by atoms with Crippen LogP contribution < -0.4 is 8.72 Å². The van der Waals surface area contributed by atoms with Crippen LogP contribution in [0.15, 0.2) is 47.5 Å². The number of likely N-dealkylation sites (N-methyl/N-ethyl adjacent to an activating group) is 1. The Morgan fingerprint density at radius 2 is 1.71 bits per heavy atom. The number of pyridine rings is 1. The molecule has 0 aliphatic carbocycles. The van der Waals surface area contributed by atoms with E-state index in [-0.39, 0.29) is 4.90 Å². The minimum Gasteiger partial charge on any atom is -0.354 e. The number of rotatable bonds is 6. The zero-order chi connectivity index (χ0) is 20.3. The molecular weight excluding hydrogens is 396 g/mol. The second kappa shape index (κ2) is 8.68. The summed E-state index contributed by atoms with van der Waals surface area (Å²) in [5, 5.41) is 0. The molecule has 1 saturated heterocycles. The molecular formula is C20H27ClN4O2S. The molecule has 2 aromatic rings. The van der Waals surface area contributed by atoms with Gasteiger partial charge in [-0.05, 0) is 42.3 Å². The first-order valence-electron chi connectivity index (χ1n) is 9.57. The van der Waals surface area contributed by atoms with Crippen molar-refractivity contribution >= 4 is 33.3 Å². The van der Waals surface area contributed by atoms with Gasteiger partial charge in [0, 0.05) is 38.0 Å². The van der Waals surface area contributed by atoms with Crippen molar-refractivity contribution in [1.29, 1.82) is 0 Å². The topological polar surface area (TPSA) is 56.8 Å². The Bertz CT molecular complexity index is 877. The van der Waals surface area contributed by atoms with E-state index in [0.29, 0.717) is 11.6 Å². The number of nitrogens with zero attached hydrogens (tertiary/aromatic N) is 4. The lowest BCUT2D eigenvalue weighted by Gasteiger charge is -2.34. The van der Waals surface area contributed by atoms with Gasteiger partial charge in [-0.15, -0.1) is 0 Å². The smallest absolute Gasteiger partial charge is 0.278 e. The third-order valence-corrected chi connectivity index (χ3v) is 7.38. The Balaban J connectivity index is 1.74. The van der Waals surface area contributed by atoms with E-state index in [2.05, 4.69) is 35.6 Å². The number of halogens is 1. The van der Waals surface area contributed by atoms with Crippen molar-refractivity contribution in [2.75, 3.05) is 41.4 Å². The summed E-state index contributed by atoms with van der Waals surface area (Å²) in [5.74, 6) is 1.17. The normalized spacial score (nSPS) is 15.8. The van der Waals surface area contributed by atoms with Crippen LogP contribution in [-0.4, -0.2) is 51.0 Å². The molecule has 28 heavy (non-hydrogen) atoms. The molecule has 2 heterocycles. The maximum atomic E-state index is 12.8. The van der Waals surface area contributed by atoms with Crippen molar-refractivity contribution in [2.24, 2.45) is 0 Å². The maximum Gasteiger partial charge on any atom is 0.278 e. The summed E-state index contributed by atoms with van der Waals surface area (Å²) in [6, 6.07) is 10.3. The van der Waals surface area contributed by atoms with Crippen molar-refractivity contribution in [3.05, 3.63) is 48.2 Å². The number of aromatic nitrogens is 1. The van der Waals surface area contributed by atoms with Gasteiger partial charge in [0.25, 0.3) is 10.0 Å². The van der Waals surface area contributed by atoms with Gasteiger partial charge in [0.1, 0.15) is 5.82 Å². The number of hydrogen-bond donors (Lipinski definition) is 0. The fraction of sp³-hybridized carbons (Fsp3) is 0.450. The van der Waals surface area contributed by atoms with Gasteiger partial charge in [0.05, 0.1) is 16.8 Å². The minimum absolute atomic E-state index is 0.159. The molecule has 0 saturated carbocycles. The average Bonchev–Trinajstić information content (AvgIpc) is 2.73.